The molecule has 23 heavy (non-hydrogen) atoms. The SMILES string of the molecule is Cc1ccc(C2=N/C(=C\c3ccc4c(c3)OCCO4)C(=O)O2)s1. The lowest BCUT2D eigenvalue weighted by Crippen LogP contribution is -2.15. The van der Waals surface area contributed by atoms with E-state index in [9.17, 15) is 4.79 Å². The first-order valence-electron chi connectivity index (χ1n) is 7.18. The van der Waals surface area contributed by atoms with Gasteiger partial charge in [0, 0.05) is 4.88 Å². The summed E-state index contributed by atoms with van der Waals surface area (Å²) < 4.78 is 16.3. The number of ether oxygens (including phenoxy) is 3. The van der Waals surface area contributed by atoms with Crippen LogP contribution in [0, 0.1) is 6.92 Å². The number of thiophene rings is 1. The molecule has 116 valence electrons. The van der Waals surface area contributed by atoms with Crippen LogP contribution in [0.4, 0.5) is 0 Å². The van der Waals surface area contributed by atoms with Gasteiger partial charge in [-0.3, -0.25) is 0 Å². The summed E-state index contributed by atoms with van der Waals surface area (Å²) in [5.41, 5.74) is 1.09. The zero-order valence-electron chi connectivity index (χ0n) is 12.4. The summed E-state index contributed by atoms with van der Waals surface area (Å²) in [6.07, 6.45) is 1.69. The lowest BCUT2D eigenvalue weighted by Gasteiger charge is -2.18. The van der Waals surface area contributed by atoms with Gasteiger partial charge in [-0.15, -0.1) is 11.3 Å². The van der Waals surface area contributed by atoms with Crippen molar-refractivity contribution in [2.45, 2.75) is 6.92 Å². The Morgan fingerprint density at radius 2 is 1.96 bits per heavy atom. The Balaban J connectivity index is 1.65. The fourth-order valence-corrected chi connectivity index (χ4v) is 3.17. The minimum atomic E-state index is -0.444. The van der Waals surface area contributed by atoms with Crippen LogP contribution < -0.4 is 9.47 Å². The highest BCUT2D eigenvalue weighted by Crippen LogP contribution is 2.32. The summed E-state index contributed by atoms with van der Waals surface area (Å²) in [4.78, 5) is 18.3. The van der Waals surface area contributed by atoms with Gasteiger partial charge >= 0.3 is 5.97 Å². The molecule has 3 heterocycles. The molecule has 0 fully saturated rings. The molecule has 0 amide bonds. The number of hydrogen-bond acceptors (Lipinski definition) is 6. The van der Waals surface area contributed by atoms with Crippen molar-refractivity contribution in [3.8, 4) is 11.5 Å². The summed E-state index contributed by atoms with van der Waals surface area (Å²) in [5, 5.41) is 0. The van der Waals surface area contributed by atoms with Crippen molar-refractivity contribution in [3.63, 3.8) is 0 Å². The number of carbonyl (C=O) groups excluding carboxylic acids is 1. The Hall–Kier alpha value is -2.60. The van der Waals surface area contributed by atoms with Crippen LogP contribution in [0.1, 0.15) is 15.3 Å². The average molecular weight is 327 g/mol. The number of rotatable bonds is 2. The van der Waals surface area contributed by atoms with Crippen LogP contribution in [0.2, 0.25) is 0 Å². The number of aliphatic imine (C=N–C) groups is 1. The van der Waals surface area contributed by atoms with Gasteiger partial charge in [-0.2, -0.15) is 0 Å². The predicted molar refractivity (Wildman–Crippen MR) is 87.1 cm³/mol. The summed E-state index contributed by atoms with van der Waals surface area (Å²) in [7, 11) is 0. The standard InChI is InChI=1S/C17H13NO4S/c1-10-2-5-15(23-10)16-18-12(17(19)22-16)8-11-3-4-13-14(9-11)21-7-6-20-13/h2-5,8-9H,6-7H2,1H3/b12-8-. The number of hydrogen-bond donors (Lipinski definition) is 0. The summed E-state index contributed by atoms with van der Waals surface area (Å²) in [5.74, 6) is 1.30. The van der Waals surface area contributed by atoms with E-state index in [1.165, 1.54) is 0 Å². The minimum absolute atomic E-state index is 0.280. The molecule has 1 aromatic heterocycles. The Kier molecular flexibility index (Phi) is 3.38. The lowest BCUT2D eigenvalue weighted by molar-refractivity contribution is -0.129. The van der Waals surface area contributed by atoms with Crippen LogP contribution in [0.15, 0.2) is 41.0 Å². The molecule has 0 atom stereocenters. The zero-order valence-corrected chi connectivity index (χ0v) is 13.2. The van der Waals surface area contributed by atoms with Gasteiger partial charge in [-0.25, -0.2) is 9.79 Å². The molecule has 0 N–H and O–H groups in total. The van der Waals surface area contributed by atoms with Crippen molar-refractivity contribution in [1.29, 1.82) is 0 Å². The van der Waals surface area contributed by atoms with E-state index >= 15 is 0 Å². The molecular weight excluding hydrogens is 314 g/mol. The van der Waals surface area contributed by atoms with E-state index in [0.29, 0.717) is 30.6 Å². The summed E-state index contributed by atoms with van der Waals surface area (Å²) in [6.45, 7) is 3.07. The maximum Gasteiger partial charge on any atom is 0.363 e. The van der Waals surface area contributed by atoms with Gasteiger partial charge in [-0.1, -0.05) is 6.07 Å². The first kappa shape index (κ1) is 14.0. The highest BCUT2D eigenvalue weighted by Gasteiger charge is 2.25. The maximum absolute atomic E-state index is 12.0. The Labute approximate surface area is 136 Å². The Bertz CT molecular complexity index is 850. The number of nitrogens with zero attached hydrogens (tertiary/aromatic N) is 1. The second-order valence-corrected chi connectivity index (χ2v) is 6.44. The fourth-order valence-electron chi connectivity index (χ4n) is 2.37. The monoisotopic (exact) mass is 327 g/mol. The second kappa shape index (κ2) is 5.55. The van der Waals surface area contributed by atoms with E-state index in [-0.39, 0.29) is 5.70 Å². The number of esters is 1. The van der Waals surface area contributed by atoms with Gasteiger partial charge in [0.2, 0.25) is 5.90 Å². The summed E-state index contributed by atoms with van der Waals surface area (Å²) in [6, 6.07) is 9.39. The van der Waals surface area contributed by atoms with Gasteiger partial charge in [0.15, 0.2) is 17.2 Å². The largest absolute Gasteiger partial charge is 0.486 e. The highest BCUT2D eigenvalue weighted by atomic mass is 32.1. The fraction of sp³-hybridized carbons (Fsp3) is 0.176. The molecule has 2 aromatic rings. The molecule has 5 nitrogen and oxygen atoms in total. The number of aryl methyl sites for hydroxylation is 1. The van der Waals surface area contributed by atoms with E-state index in [0.717, 1.165) is 15.3 Å². The van der Waals surface area contributed by atoms with Crippen molar-refractivity contribution >= 4 is 29.3 Å². The molecule has 0 radical (unpaired) electrons. The van der Waals surface area contributed by atoms with Crippen molar-refractivity contribution in [2.75, 3.05) is 13.2 Å². The third-order valence-corrected chi connectivity index (χ3v) is 4.43. The number of carbonyl (C=O) groups is 1. The molecule has 2 aliphatic heterocycles. The third-order valence-electron chi connectivity index (χ3n) is 3.44. The molecule has 0 saturated carbocycles. The molecular formula is C17H13NO4S. The molecule has 0 bridgehead atoms. The number of benzene rings is 1. The molecule has 0 unspecified atom stereocenters. The minimum Gasteiger partial charge on any atom is -0.486 e. The lowest BCUT2D eigenvalue weighted by atomic mass is 10.1. The van der Waals surface area contributed by atoms with Crippen LogP contribution in [0.5, 0.6) is 11.5 Å². The van der Waals surface area contributed by atoms with Gasteiger partial charge < -0.3 is 14.2 Å². The molecule has 0 saturated heterocycles. The molecule has 0 spiro atoms. The average Bonchev–Trinajstić information content (AvgIpc) is 3.14. The molecule has 1 aromatic carbocycles. The first-order valence-corrected chi connectivity index (χ1v) is 8.00. The van der Waals surface area contributed by atoms with Gasteiger partial charge in [0.05, 0.1) is 4.88 Å². The van der Waals surface area contributed by atoms with E-state index < -0.39 is 5.97 Å². The molecule has 6 heteroatoms. The van der Waals surface area contributed by atoms with Gasteiger partial charge in [-0.05, 0) is 42.8 Å². The summed E-state index contributed by atoms with van der Waals surface area (Å²) >= 11 is 1.54. The van der Waals surface area contributed by atoms with E-state index in [1.807, 2.05) is 37.3 Å². The van der Waals surface area contributed by atoms with Crippen molar-refractivity contribution in [1.82, 2.24) is 0 Å². The van der Waals surface area contributed by atoms with E-state index in [4.69, 9.17) is 14.2 Å². The first-order chi connectivity index (χ1) is 11.2. The molecule has 2 aliphatic rings. The maximum atomic E-state index is 12.0. The van der Waals surface area contributed by atoms with Crippen molar-refractivity contribution in [2.24, 2.45) is 4.99 Å². The third kappa shape index (κ3) is 2.73. The van der Waals surface area contributed by atoms with E-state index in [1.54, 1.807) is 17.4 Å². The smallest absolute Gasteiger partial charge is 0.363 e. The van der Waals surface area contributed by atoms with Crippen LogP contribution in [-0.2, 0) is 9.53 Å². The van der Waals surface area contributed by atoms with Gasteiger partial charge in [0.1, 0.15) is 13.2 Å². The topological polar surface area (TPSA) is 57.1 Å². The Morgan fingerprint density at radius 3 is 2.74 bits per heavy atom. The van der Waals surface area contributed by atoms with Crippen molar-refractivity contribution in [3.05, 3.63) is 51.3 Å². The zero-order chi connectivity index (χ0) is 15.8. The Morgan fingerprint density at radius 1 is 1.13 bits per heavy atom. The number of cyclic esters (lactones) is 1. The van der Waals surface area contributed by atoms with Crippen LogP contribution >= 0.6 is 11.3 Å². The second-order valence-electron chi connectivity index (χ2n) is 5.15. The number of fused-ring (bicyclic) bond motifs is 1. The van der Waals surface area contributed by atoms with Gasteiger partial charge in [0.25, 0.3) is 0 Å². The molecule has 0 aliphatic carbocycles. The predicted octanol–water partition coefficient (Wildman–Crippen LogP) is 3.17. The molecule has 4 rings (SSSR count). The van der Waals surface area contributed by atoms with E-state index in [2.05, 4.69) is 4.99 Å². The van der Waals surface area contributed by atoms with Crippen molar-refractivity contribution < 1.29 is 19.0 Å². The van der Waals surface area contributed by atoms with Crippen LogP contribution in [0.3, 0.4) is 0 Å². The highest BCUT2D eigenvalue weighted by molar-refractivity contribution is 7.14. The van der Waals surface area contributed by atoms with Crippen LogP contribution in [-0.4, -0.2) is 25.1 Å². The quantitative estimate of drug-likeness (QED) is 0.628. The van der Waals surface area contributed by atoms with Crippen LogP contribution in [0.25, 0.3) is 6.08 Å². The normalized spacial score (nSPS) is 18.0.